The Hall–Kier alpha value is -2.18. The second kappa shape index (κ2) is 8.08. The maximum atomic E-state index is 6.17. The van der Waals surface area contributed by atoms with E-state index in [0.717, 1.165) is 11.3 Å². The highest BCUT2D eigenvalue weighted by molar-refractivity contribution is 7.80. The van der Waals surface area contributed by atoms with Crippen LogP contribution >= 0.6 is 23.8 Å². The van der Waals surface area contributed by atoms with Crippen molar-refractivity contribution >= 4 is 40.3 Å². The molecule has 0 radical (unpaired) electrons. The SMILES string of the molecule is COc1cc(OC)c(NC(=S)Nc2cc(C)ccc2OC)cc1Cl. The van der Waals surface area contributed by atoms with Crippen LogP contribution in [0.25, 0.3) is 0 Å². The molecule has 0 heterocycles. The van der Waals surface area contributed by atoms with Crippen molar-refractivity contribution in [3.05, 3.63) is 40.9 Å². The van der Waals surface area contributed by atoms with Crippen LogP contribution in [0.5, 0.6) is 17.2 Å². The van der Waals surface area contributed by atoms with Gasteiger partial charge in [-0.2, -0.15) is 0 Å². The highest BCUT2D eigenvalue weighted by Gasteiger charge is 2.12. The number of aryl methyl sites for hydroxylation is 1. The van der Waals surface area contributed by atoms with Gasteiger partial charge in [-0.1, -0.05) is 17.7 Å². The summed E-state index contributed by atoms with van der Waals surface area (Å²) in [6.45, 7) is 1.99. The summed E-state index contributed by atoms with van der Waals surface area (Å²) in [5.74, 6) is 1.79. The van der Waals surface area contributed by atoms with Crippen LogP contribution in [0.4, 0.5) is 11.4 Å². The number of halogens is 1. The molecule has 0 atom stereocenters. The lowest BCUT2D eigenvalue weighted by atomic mass is 10.2. The first-order valence-electron chi connectivity index (χ1n) is 7.12. The fourth-order valence-corrected chi connectivity index (χ4v) is 2.61. The molecule has 0 unspecified atom stereocenters. The Morgan fingerprint density at radius 3 is 2.04 bits per heavy atom. The molecule has 0 spiro atoms. The highest BCUT2D eigenvalue weighted by atomic mass is 35.5. The van der Waals surface area contributed by atoms with E-state index in [-0.39, 0.29) is 0 Å². The number of thiocarbonyl (C=S) groups is 1. The van der Waals surface area contributed by atoms with Gasteiger partial charge in [-0.3, -0.25) is 0 Å². The summed E-state index contributed by atoms with van der Waals surface area (Å²) in [7, 11) is 4.72. The molecule has 0 aliphatic rings. The Balaban J connectivity index is 2.21. The molecule has 0 aliphatic heterocycles. The van der Waals surface area contributed by atoms with Crippen LogP contribution in [0.3, 0.4) is 0 Å². The van der Waals surface area contributed by atoms with Crippen molar-refractivity contribution in [3.63, 3.8) is 0 Å². The quantitative estimate of drug-likeness (QED) is 0.761. The number of hydrogen-bond acceptors (Lipinski definition) is 4. The number of hydrogen-bond donors (Lipinski definition) is 2. The molecule has 2 aromatic carbocycles. The molecule has 0 saturated heterocycles. The van der Waals surface area contributed by atoms with E-state index in [9.17, 15) is 0 Å². The minimum Gasteiger partial charge on any atom is -0.495 e. The van der Waals surface area contributed by atoms with Crippen molar-refractivity contribution < 1.29 is 14.2 Å². The molecule has 0 aliphatic carbocycles. The number of benzene rings is 2. The number of methoxy groups -OCH3 is 3. The van der Waals surface area contributed by atoms with Gasteiger partial charge in [-0.15, -0.1) is 0 Å². The molecule has 2 aromatic rings. The van der Waals surface area contributed by atoms with Crippen LogP contribution in [0, 0.1) is 6.92 Å². The standard InChI is InChI=1S/C17H19ClN2O3S/c1-10-5-6-14(21-2)12(7-10)19-17(24)20-13-8-11(18)15(22-3)9-16(13)23-4/h5-9H,1-4H3,(H2,19,20,24). The maximum Gasteiger partial charge on any atom is 0.175 e. The molecule has 0 amide bonds. The average Bonchev–Trinajstić information content (AvgIpc) is 2.55. The number of anilines is 2. The predicted octanol–water partition coefficient (Wildman–Crippen LogP) is 4.48. The van der Waals surface area contributed by atoms with E-state index < -0.39 is 0 Å². The van der Waals surface area contributed by atoms with Crippen molar-refractivity contribution in [2.75, 3.05) is 32.0 Å². The van der Waals surface area contributed by atoms with E-state index in [0.29, 0.717) is 33.1 Å². The average molecular weight is 367 g/mol. The van der Waals surface area contributed by atoms with Gasteiger partial charge in [0.15, 0.2) is 5.11 Å². The zero-order valence-corrected chi connectivity index (χ0v) is 15.5. The zero-order chi connectivity index (χ0) is 17.7. The molecular formula is C17H19ClN2O3S. The van der Waals surface area contributed by atoms with E-state index >= 15 is 0 Å². The van der Waals surface area contributed by atoms with Gasteiger partial charge in [-0.05, 0) is 42.9 Å². The molecule has 5 nitrogen and oxygen atoms in total. The fraction of sp³-hybridized carbons (Fsp3) is 0.235. The minimum atomic E-state index is 0.387. The monoisotopic (exact) mass is 366 g/mol. The molecule has 2 N–H and O–H groups in total. The first-order chi connectivity index (χ1) is 11.5. The molecule has 24 heavy (non-hydrogen) atoms. The van der Waals surface area contributed by atoms with Crippen molar-refractivity contribution in [3.8, 4) is 17.2 Å². The Labute approximate surface area is 151 Å². The molecule has 7 heteroatoms. The van der Waals surface area contributed by atoms with Crippen molar-refractivity contribution in [2.45, 2.75) is 6.92 Å². The summed E-state index contributed by atoms with van der Waals surface area (Å²) in [6.07, 6.45) is 0. The summed E-state index contributed by atoms with van der Waals surface area (Å²) in [5.41, 5.74) is 2.49. The topological polar surface area (TPSA) is 51.8 Å². The van der Waals surface area contributed by atoms with Crippen LogP contribution in [0.15, 0.2) is 30.3 Å². The lowest BCUT2D eigenvalue weighted by molar-refractivity contribution is 0.396. The van der Waals surface area contributed by atoms with Gasteiger partial charge in [0.1, 0.15) is 17.2 Å². The third kappa shape index (κ3) is 4.21. The summed E-state index contributed by atoms with van der Waals surface area (Å²) in [5, 5.41) is 7.03. The van der Waals surface area contributed by atoms with E-state index in [1.807, 2.05) is 25.1 Å². The third-order valence-corrected chi connectivity index (χ3v) is 3.82. The van der Waals surface area contributed by atoms with Crippen LogP contribution in [-0.4, -0.2) is 26.4 Å². The predicted molar refractivity (Wildman–Crippen MR) is 102 cm³/mol. The third-order valence-electron chi connectivity index (χ3n) is 3.33. The zero-order valence-electron chi connectivity index (χ0n) is 13.9. The lowest BCUT2D eigenvalue weighted by Crippen LogP contribution is -2.20. The first kappa shape index (κ1) is 18.2. The van der Waals surface area contributed by atoms with E-state index in [1.54, 1.807) is 33.5 Å². The van der Waals surface area contributed by atoms with Gasteiger partial charge in [-0.25, -0.2) is 0 Å². The first-order valence-corrected chi connectivity index (χ1v) is 7.91. The molecule has 0 aromatic heterocycles. The van der Waals surface area contributed by atoms with Gasteiger partial charge in [0, 0.05) is 6.07 Å². The Bertz CT molecular complexity index is 753. The van der Waals surface area contributed by atoms with Crippen LogP contribution < -0.4 is 24.8 Å². The van der Waals surface area contributed by atoms with Gasteiger partial charge in [0.2, 0.25) is 0 Å². The molecule has 0 saturated carbocycles. The van der Waals surface area contributed by atoms with E-state index in [1.165, 1.54) is 0 Å². The van der Waals surface area contributed by atoms with Gasteiger partial charge >= 0.3 is 0 Å². The number of ether oxygens (including phenoxy) is 3. The maximum absolute atomic E-state index is 6.17. The van der Waals surface area contributed by atoms with Crippen LogP contribution in [0.1, 0.15) is 5.56 Å². The largest absolute Gasteiger partial charge is 0.495 e. The fourth-order valence-electron chi connectivity index (χ4n) is 2.15. The summed E-state index contributed by atoms with van der Waals surface area (Å²) < 4.78 is 15.9. The summed E-state index contributed by atoms with van der Waals surface area (Å²) in [6, 6.07) is 9.18. The minimum absolute atomic E-state index is 0.387. The Morgan fingerprint density at radius 2 is 1.46 bits per heavy atom. The molecule has 2 rings (SSSR count). The highest BCUT2D eigenvalue weighted by Crippen LogP contribution is 2.36. The second-order valence-corrected chi connectivity index (χ2v) is 5.79. The molecule has 128 valence electrons. The smallest absolute Gasteiger partial charge is 0.175 e. The van der Waals surface area contributed by atoms with Crippen molar-refractivity contribution in [1.29, 1.82) is 0 Å². The summed E-state index contributed by atoms with van der Waals surface area (Å²) >= 11 is 11.5. The summed E-state index contributed by atoms with van der Waals surface area (Å²) in [4.78, 5) is 0. The number of nitrogens with one attached hydrogen (secondary N) is 2. The van der Waals surface area contributed by atoms with Crippen LogP contribution in [-0.2, 0) is 0 Å². The molecule has 0 bridgehead atoms. The van der Waals surface area contributed by atoms with Crippen molar-refractivity contribution in [1.82, 2.24) is 0 Å². The van der Waals surface area contributed by atoms with Crippen LogP contribution in [0.2, 0.25) is 5.02 Å². The second-order valence-electron chi connectivity index (χ2n) is 4.97. The molecule has 0 fully saturated rings. The normalized spacial score (nSPS) is 10.0. The van der Waals surface area contributed by atoms with Crippen molar-refractivity contribution in [2.24, 2.45) is 0 Å². The molecular weight excluding hydrogens is 348 g/mol. The van der Waals surface area contributed by atoms with E-state index in [4.69, 9.17) is 38.0 Å². The lowest BCUT2D eigenvalue weighted by Gasteiger charge is -2.16. The Morgan fingerprint density at radius 1 is 0.875 bits per heavy atom. The van der Waals surface area contributed by atoms with E-state index in [2.05, 4.69) is 10.6 Å². The number of rotatable bonds is 5. The van der Waals surface area contributed by atoms with Gasteiger partial charge in [0.05, 0.1) is 37.7 Å². The van der Waals surface area contributed by atoms with Gasteiger partial charge in [0.25, 0.3) is 0 Å². The van der Waals surface area contributed by atoms with Gasteiger partial charge < -0.3 is 24.8 Å². The Kier molecular flexibility index (Phi) is 6.11.